The van der Waals surface area contributed by atoms with E-state index in [1.165, 1.54) is 11.3 Å². The maximum absolute atomic E-state index is 12.1. The van der Waals surface area contributed by atoms with Gasteiger partial charge in [0.25, 0.3) is 0 Å². The number of hydrogen-bond acceptors (Lipinski definition) is 3. The zero-order valence-electron chi connectivity index (χ0n) is 9.01. The first kappa shape index (κ1) is 11.0. The summed E-state index contributed by atoms with van der Waals surface area (Å²) in [6.45, 7) is 1.93. The second-order valence-corrected chi connectivity index (χ2v) is 4.60. The molecule has 2 aromatic rings. The fourth-order valence-corrected chi connectivity index (χ4v) is 2.48. The van der Waals surface area contributed by atoms with Gasteiger partial charge in [-0.3, -0.25) is 4.79 Å². The molecule has 0 spiro atoms. The van der Waals surface area contributed by atoms with E-state index in [9.17, 15) is 4.79 Å². The summed E-state index contributed by atoms with van der Waals surface area (Å²) in [6.07, 6.45) is 0. The SMILES string of the molecule is Cc1ccsc1C(=O)[C@H](N)c1ccccc1. The van der Waals surface area contributed by atoms with E-state index in [1.807, 2.05) is 48.7 Å². The van der Waals surface area contributed by atoms with E-state index < -0.39 is 6.04 Å². The third kappa shape index (κ3) is 2.05. The summed E-state index contributed by atoms with van der Waals surface area (Å²) in [5.41, 5.74) is 7.82. The molecule has 1 atom stereocenters. The van der Waals surface area contributed by atoms with Crippen molar-refractivity contribution in [2.45, 2.75) is 13.0 Å². The van der Waals surface area contributed by atoms with Crippen LogP contribution in [0.25, 0.3) is 0 Å². The highest BCUT2D eigenvalue weighted by atomic mass is 32.1. The molecule has 0 unspecified atom stereocenters. The average molecular weight is 231 g/mol. The van der Waals surface area contributed by atoms with Gasteiger partial charge in [0.1, 0.15) is 0 Å². The molecule has 0 radical (unpaired) electrons. The van der Waals surface area contributed by atoms with Crippen LogP contribution in [-0.4, -0.2) is 5.78 Å². The van der Waals surface area contributed by atoms with E-state index in [0.717, 1.165) is 16.0 Å². The molecule has 0 aliphatic rings. The zero-order valence-corrected chi connectivity index (χ0v) is 9.83. The lowest BCUT2D eigenvalue weighted by Gasteiger charge is -2.10. The van der Waals surface area contributed by atoms with Gasteiger partial charge in [-0.15, -0.1) is 11.3 Å². The van der Waals surface area contributed by atoms with Gasteiger partial charge < -0.3 is 5.73 Å². The van der Waals surface area contributed by atoms with Crippen LogP contribution in [0.2, 0.25) is 0 Å². The number of benzene rings is 1. The standard InChI is InChI=1S/C13H13NOS/c1-9-7-8-16-13(9)12(15)11(14)10-5-3-2-4-6-10/h2-8,11H,14H2,1H3/t11-/m1/s1. The number of thiophene rings is 1. The van der Waals surface area contributed by atoms with Crippen molar-refractivity contribution in [2.24, 2.45) is 5.73 Å². The molecule has 0 bridgehead atoms. The molecule has 1 aromatic carbocycles. The Hall–Kier alpha value is -1.45. The number of Topliss-reactive ketones (excluding diaryl/α,β-unsaturated/α-hetero) is 1. The van der Waals surface area contributed by atoms with Crippen molar-refractivity contribution in [2.75, 3.05) is 0 Å². The van der Waals surface area contributed by atoms with Crippen molar-refractivity contribution < 1.29 is 4.79 Å². The Morgan fingerprint density at radius 2 is 1.94 bits per heavy atom. The second kappa shape index (κ2) is 4.60. The summed E-state index contributed by atoms with van der Waals surface area (Å²) in [4.78, 5) is 12.9. The van der Waals surface area contributed by atoms with Gasteiger partial charge in [-0.25, -0.2) is 0 Å². The molecular weight excluding hydrogens is 218 g/mol. The van der Waals surface area contributed by atoms with Crippen LogP contribution in [0.5, 0.6) is 0 Å². The van der Waals surface area contributed by atoms with Gasteiger partial charge in [-0.1, -0.05) is 30.3 Å². The highest BCUT2D eigenvalue weighted by Crippen LogP contribution is 2.22. The van der Waals surface area contributed by atoms with Gasteiger partial charge in [0.2, 0.25) is 0 Å². The van der Waals surface area contributed by atoms with Crippen molar-refractivity contribution in [3.63, 3.8) is 0 Å². The smallest absolute Gasteiger partial charge is 0.194 e. The van der Waals surface area contributed by atoms with Crippen LogP contribution in [0.1, 0.15) is 26.8 Å². The highest BCUT2D eigenvalue weighted by Gasteiger charge is 2.19. The molecule has 1 aromatic heterocycles. The number of rotatable bonds is 3. The molecule has 0 aliphatic heterocycles. The van der Waals surface area contributed by atoms with Crippen LogP contribution in [0.4, 0.5) is 0 Å². The number of nitrogens with two attached hydrogens (primary N) is 1. The van der Waals surface area contributed by atoms with E-state index in [1.54, 1.807) is 0 Å². The molecule has 2 N–H and O–H groups in total. The molecule has 2 nitrogen and oxygen atoms in total. The van der Waals surface area contributed by atoms with E-state index in [4.69, 9.17) is 5.73 Å². The summed E-state index contributed by atoms with van der Waals surface area (Å²) in [7, 11) is 0. The fourth-order valence-electron chi connectivity index (χ4n) is 1.58. The molecule has 1 heterocycles. The first-order chi connectivity index (χ1) is 7.70. The number of carbonyl (C=O) groups is 1. The lowest BCUT2D eigenvalue weighted by atomic mass is 10.0. The molecule has 3 heteroatoms. The first-order valence-electron chi connectivity index (χ1n) is 5.09. The quantitative estimate of drug-likeness (QED) is 0.825. The van der Waals surface area contributed by atoms with Crippen molar-refractivity contribution >= 4 is 17.1 Å². The molecule has 82 valence electrons. The van der Waals surface area contributed by atoms with Crippen LogP contribution in [0, 0.1) is 6.92 Å². The monoisotopic (exact) mass is 231 g/mol. The summed E-state index contributed by atoms with van der Waals surface area (Å²) in [5, 5.41) is 1.92. The second-order valence-electron chi connectivity index (χ2n) is 3.69. The van der Waals surface area contributed by atoms with Gasteiger partial charge in [0, 0.05) is 0 Å². The molecule has 2 rings (SSSR count). The number of aryl methyl sites for hydroxylation is 1. The molecule has 0 fully saturated rings. The molecular formula is C13H13NOS. The Bertz CT molecular complexity index is 490. The first-order valence-corrected chi connectivity index (χ1v) is 5.97. The van der Waals surface area contributed by atoms with Gasteiger partial charge in [-0.2, -0.15) is 0 Å². The molecule has 16 heavy (non-hydrogen) atoms. The summed E-state index contributed by atoms with van der Waals surface area (Å²) in [5.74, 6) is -0.00120. The van der Waals surface area contributed by atoms with Gasteiger partial charge >= 0.3 is 0 Å². The Morgan fingerprint density at radius 3 is 2.50 bits per heavy atom. The summed E-state index contributed by atoms with van der Waals surface area (Å²) < 4.78 is 0. The van der Waals surface area contributed by atoms with E-state index in [0.29, 0.717) is 0 Å². The van der Waals surface area contributed by atoms with Crippen molar-refractivity contribution in [1.82, 2.24) is 0 Å². The highest BCUT2D eigenvalue weighted by molar-refractivity contribution is 7.12. The van der Waals surface area contributed by atoms with Gasteiger partial charge in [0.05, 0.1) is 10.9 Å². The van der Waals surface area contributed by atoms with Crippen LogP contribution in [0.15, 0.2) is 41.8 Å². The minimum Gasteiger partial charge on any atom is -0.317 e. The summed E-state index contributed by atoms with van der Waals surface area (Å²) >= 11 is 1.45. The Kier molecular flexibility index (Phi) is 3.17. The number of hydrogen-bond donors (Lipinski definition) is 1. The molecule has 0 saturated heterocycles. The van der Waals surface area contributed by atoms with Gasteiger partial charge in [-0.05, 0) is 29.5 Å². The zero-order chi connectivity index (χ0) is 11.5. The number of ketones is 1. The van der Waals surface area contributed by atoms with E-state index in [-0.39, 0.29) is 5.78 Å². The molecule has 0 aliphatic carbocycles. The third-order valence-corrected chi connectivity index (χ3v) is 3.56. The Morgan fingerprint density at radius 1 is 1.25 bits per heavy atom. The lowest BCUT2D eigenvalue weighted by Crippen LogP contribution is -2.21. The van der Waals surface area contributed by atoms with Crippen LogP contribution < -0.4 is 5.73 Å². The van der Waals surface area contributed by atoms with Crippen LogP contribution in [0.3, 0.4) is 0 Å². The Labute approximate surface area is 98.7 Å². The maximum Gasteiger partial charge on any atom is 0.194 e. The normalized spacial score (nSPS) is 12.4. The van der Waals surface area contributed by atoms with E-state index >= 15 is 0 Å². The third-order valence-electron chi connectivity index (χ3n) is 2.53. The lowest BCUT2D eigenvalue weighted by molar-refractivity contribution is 0.0965. The Balaban J connectivity index is 2.27. The van der Waals surface area contributed by atoms with Crippen LogP contribution >= 0.6 is 11.3 Å². The van der Waals surface area contributed by atoms with Crippen molar-refractivity contribution in [3.8, 4) is 0 Å². The molecule has 0 amide bonds. The van der Waals surface area contributed by atoms with Crippen molar-refractivity contribution in [1.29, 1.82) is 0 Å². The van der Waals surface area contributed by atoms with Crippen molar-refractivity contribution in [3.05, 3.63) is 57.8 Å². The topological polar surface area (TPSA) is 43.1 Å². The average Bonchev–Trinajstić information content (AvgIpc) is 2.75. The number of carbonyl (C=O) groups excluding carboxylic acids is 1. The minimum absolute atomic E-state index is 0.00120. The van der Waals surface area contributed by atoms with E-state index in [2.05, 4.69) is 0 Å². The van der Waals surface area contributed by atoms with Crippen LogP contribution in [-0.2, 0) is 0 Å². The summed E-state index contributed by atoms with van der Waals surface area (Å²) in [6, 6.07) is 10.8. The van der Waals surface area contributed by atoms with Gasteiger partial charge in [0.15, 0.2) is 5.78 Å². The predicted molar refractivity (Wildman–Crippen MR) is 66.8 cm³/mol. The predicted octanol–water partition coefficient (Wildman–Crippen LogP) is 2.94. The maximum atomic E-state index is 12.1. The fraction of sp³-hybridized carbons (Fsp3) is 0.154. The largest absolute Gasteiger partial charge is 0.317 e. The minimum atomic E-state index is -0.557. The molecule has 0 saturated carbocycles.